The molecule has 0 spiro atoms. The van der Waals surface area contributed by atoms with Gasteiger partial charge in [0, 0.05) is 11.3 Å². The van der Waals surface area contributed by atoms with Crippen LogP contribution >= 0.6 is 0 Å². The third-order valence-electron chi connectivity index (χ3n) is 2.97. The Morgan fingerprint density at radius 1 is 1.11 bits per heavy atom. The van der Waals surface area contributed by atoms with Gasteiger partial charge in [0.25, 0.3) is 0 Å². The molecular formula is C14H16F2N2. The second-order valence-electron chi connectivity index (χ2n) is 4.23. The molecule has 0 atom stereocenters. The summed E-state index contributed by atoms with van der Waals surface area (Å²) < 4.78 is 28.4. The highest BCUT2D eigenvalue weighted by molar-refractivity contribution is 5.20. The van der Waals surface area contributed by atoms with E-state index >= 15 is 0 Å². The molecule has 2 aromatic rings. The van der Waals surface area contributed by atoms with Crippen molar-refractivity contribution in [3.05, 3.63) is 52.9 Å². The number of benzene rings is 1. The molecule has 0 N–H and O–H groups in total. The fourth-order valence-electron chi connectivity index (χ4n) is 1.94. The molecule has 0 unspecified atom stereocenters. The number of halogens is 2. The van der Waals surface area contributed by atoms with E-state index in [1.807, 2.05) is 19.9 Å². The topological polar surface area (TPSA) is 17.8 Å². The molecule has 2 nitrogen and oxygen atoms in total. The van der Waals surface area contributed by atoms with Crippen molar-refractivity contribution in [2.75, 3.05) is 0 Å². The summed E-state index contributed by atoms with van der Waals surface area (Å²) in [6.45, 7) is 4.32. The lowest BCUT2D eigenvalue weighted by atomic mass is 10.2. The molecule has 0 amide bonds. The number of aromatic nitrogens is 2. The van der Waals surface area contributed by atoms with Crippen molar-refractivity contribution in [2.45, 2.75) is 33.2 Å². The van der Waals surface area contributed by atoms with E-state index in [1.165, 1.54) is 6.07 Å². The largest absolute Gasteiger partial charge is 0.265 e. The predicted molar refractivity (Wildman–Crippen MR) is 66.4 cm³/mol. The third kappa shape index (κ3) is 2.58. The minimum atomic E-state index is -0.424. The Morgan fingerprint density at radius 3 is 2.56 bits per heavy atom. The van der Waals surface area contributed by atoms with Crippen LogP contribution in [0.15, 0.2) is 24.3 Å². The van der Waals surface area contributed by atoms with Crippen LogP contribution in [0.5, 0.6) is 0 Å². The minimum absolute atomic E-state index is 0.271. The quantitative estimate of drug-likeness (QED) is 0.813. The summed E-state index contributed by atoms with van der Waals surface area (Å²) in [5.74, 6) is -0.820. The maximum Gasteiger partial charge on any atom is 0.128 e. The molecule has 0 saturated carbocycles. The van der Waals surface area contributed by atoms with Crippen LogP contribution in [-0.2, 0) is 19.4 Å². The Morgan fingerprint density at radius 2 is 1.89 bits per heavy atom. The van der Waals surface area contributed by atoms with E-state index in [9.17, 15) is 8.78 Å². The fourth-order valence-corrected chi connectivity index (χ4v) is 1.94. The number of hydrogen-bond acceptors (Lipinski definition) is 1. The van der Waals surface area contributed by atoms with E-state index in [0.29, 0.717) is 5.56 Å². The highest BCUT2D eigenvalue weighted by Gasteiger charge is 2.09. The number of rotatable bonds is 4. The van der Waals surface area contributed by atoms with Crippen LogP contribution in [0, 0.1) is 11.6 Å². The lowest BCUT2D eigenvalue weighted by molar-refractivity contribution is 0.558. The van der Waals surface area contributed by atoms with E-state index < -0.39 is 11.6 Å². The Labute approximate surface area is 105 Å². The first kappa shape index (κ1) is 12.7. The zero-order valence-corrected chi connectivity index (χ0v) is 10.6. The molecule has 2 rings (SSSR count). The summed E-state index contributed by atoms with van der Waals surface area (Å²) in [6.07, 6.45) is 1.66. The maximum atomic E-state index is 13.6. The Hall–Kier alpha value is -1.71. The van der Waals surface area contributed by atoms with E-state index in [0.717, 1.165) is 36.4 Å². The van der Waals surface area contributed by atoms with E-state index in [4.69, 9.17) is 0 Å². The Bertz CT molecular complexity index is 547. The standard InChI is InChI=1S/C14H16F2N2/c1-3-12-8-13(4-2)18(17-12)9-10-7-11(15)5-6-14(10)16/h5-8H,3-4,9H2,1-2H3. The van der Waals surface area contributed by atoms with Gasteiger partial charge in [0.05, 0.1) is 12.2 Å². The van der Waals surface area contributed by atoms with Crippen molar-refractivity contribution in [3.8, 4) is 0 Å². The first-order chi connectivity index (χ1) is 8.63. The Kier molecular flexibility index (Phi) is 3.75. The SMILES string of the molecule is CCc1cc(CC)n(Cc2cc(F)ccc2F)n1. The molecular weight excluding hydrogens is 234 g/mol. The minimum Gasteiger partial charge on any atom is -0.265 e. The van der Waals surface area contributed by atoms with Crippen molar-refractivity contribution < 1.29 is 8.78 Å². The van der Waals surface area contributed by atoms with Crippen LogP contribution < -0.4 is 0 Å². The second kappa shape index (κ2) is 5.29. The lowest BCUT2D eigenvalue weighted by Gasteiger charge is -2.07. The van der Waals surface area contributed by atoms with E-state index in [-0.39, 0.29) is 6.54 Å². The van der Waals surface area contributed by atoms with Gasteiger partial charge in [0.15, 0.2) is 0 Å². The molecule has 0 aliphatic rings. The van der Waals surface area contributed by atoms with Gasteiger partial charge in [-0.1, -0.05) is 13.8 Å². The molecule has 18 heavy (non-hydrogen) atoms. The van der Waals surface area contributed by atoms with Crippen LogP contribution in [0.4, 0.5) is 8.78 Å². The average molecular weight is 250 g/mol. The van der Waals surface area contributed by atoms with Crippen molar-refractivity contribution in [3.63, 3.8) is 0 Å². The molecule has 1 aromatic heterocycles. The van der Waals surface area contributed by atoms with Gasteiger partial charge < -0.3 is 0 Å². The molecule has 0 bridgehead atoms. The summed E-state index contributed by atoms with van der Waals surface area (Å²) in [5, 5.41) is 4.39. The zero-order chi connectivity index (χ0) is 13.1. The van der Waals surface area contributed by atoms with Gasteiger partial charge in [-0.25, -0.2) is 8.78 Å². The first-order valence-corrected chi connectivity index (χ1v) is 6.13. The zero-order valence-electron chi connectivity index (χ0n) is 10.6. The smallest absolute Gasteiger partial charge is 0.128 e. The van der Waals surface area contributed by atoms with Crippen LogP contribution in [0.2, 0.25) is 0 Å². The molecule has 1 aromatic carbocycles. The summed E-state index contributed by atoms with van der Waals surface area (Å²) in [4.78, 5) is 0. The molecule has 1 heterocycles. The van der Waals surface area contributed by atoms with Gasteiger partial charge in [0.1, 0.15) is 11.6 Å². The lowest BCUT2D eigenvalue weighted by Crippen LogP contribution is -2.07. The summed E-state index contributed by atoms with van der Waals surface area (Å²) >= 11 is 0. The third-order valence-corrected chi connectivity index (χ3v) is 2.97. The van der Waals surface area contributed by atoms with Crippen LogP contribution in [0.1, 0.15) is 30.8 Å². The predicted octanol–water partition coefficient (Wildman–Crippen LogP) is 3.33. The fraction of sp³-hybridized carbons (Fsp3) is 0.357. The normalized spacial score (nSPS) is 10.9. The van der Waals surface area contributed by atoms with Crippen LogP contribution in [0.3, 0.4) is 0 Å². The first-order valence-electron chi connectivity index (χ1n) is 6.13. The number of nitrogens with zero attached hydrogens (tertiary/aromatic N) is 2. The molecule has 0 radical (unpaired) electrons. The summed E-state index contributed by atoms with van der Waals surface area (Å²) in [6, 6.07) is 5.51. The number of aryl methyl sites for hydroxylation is 2. The van der Waals surface area contributed by atoms with Crippen molar-refractivity contribution in [1.82, 2.24) is 9.78 Å². The van der Waals surface area contributed by atoms with Crippen molar-refractivity contribution >= 4 is 0 Å². The van der Waals surface area contributed by atoms with Crippen LogP contribution in [-0.4, -0.2) is 9.78 Å². The highest BCUT2D eigenvalue weighted by Crippen LogP contribution is 2.14. The van der Waals surface area contributed by atoms with Crippen molar-refractivity contribution in [2.24, 2.45) is 0 Å². The summed E-state index contributed by atoms with van der Waals surface area (Å²) in [7, 11) is 0. The molecule has 0 aliphatic carbocycles. The Balaban J connectivity index is 2.32. The molecule has 0 aliphatic heterocycles. The van der Waals surface area contributed by atoms with Gasteiger partial charge in [-0.2, -0.15) is 5.10 Å². The van der Waals surface area contributed by atoms with Gasteiger partial charge >= 0.3 is 0 Å². The molecule has 0 saturated heterocycles. The van der Waals surface area contributed by atoms with Gasteiger partial charge in [-0.15, -0.1) is 0 Å². The second-order valence-corrected chi connectivity index (χ2v) is 4.23. The van der Waals surface area contributed by atoms with Gasteiger partial charge in [-0.05, 0) is 37.1 Å². The molecule has 96 valence electrons. The summed E-state index contributed by atoms with van der Waals surface area (Å²) in [5.41, 5.74) is 2.34. The van der Waals surface area contributed by atoms with E-state index in [2.05, 4.69) is 5.10 Å². The van der Waals surface area contributed by atoms with Gasteiger partial charge in [0.2, 0.25) is 0 Å². The molecule has 4 heteroatoms. The average Bonchev–Trinajstić information content (AvgIpc) is 2.76. The highest BCUT2D eigenvalue weighted by atomic mass is 19.1. The van der Waals surface area contributed by atoms with Gasteiger partial charge in [-0.3, -0.25) is 4.68 Å². The monoisotopic (exact) mass is 250 g/mol. The van der Waals surface area contributed by atoms with E-state index in [1.54, 1.807) is 4.68 Å². The van der Waals surface area contributed by atoms with Crippen molar-refractivity contribution in [1.29, 1.82) is 0 Å². The number of hydrogen-bond donors (Lipinski definition) is 0. The van der Waals surface area contributed by atoms with Crippen LogP contribution in [0.25, 0.3) is 0 Å². The molecule has 0 fully saturated rings. The maximum absolute atomic E-state index is 13.6.